The maximum atomic E-state index is 12.8. The van der Waals surface area contributed by atoms with Crippen molar-refractivity contribution in [3.63, 3.8) is 0 Å². The monoisotopic (exact) mass is 415 g/mol. The zero-order valence-electron chi connectivity index (χ0n) is 15.8. The molecule has 0 atom stereocenters. The van der Waals surface area contributed by atoms with Gasteiger partial charge < -0.3 is 10.6 Å². The van der Waals surface area contributed by atoms with Crippen molar-refractivity contribution in [3.8, 4) is 0 Å². The number of piperidine rings is 1. The number of amides is 2. The van der Waals surface area contributed by atoms with Crippen LogP contribution in [-0.4, -0.2) is 49.7 Å². The molecule has 0 unspecified atom stereocenters. The van der Waals surface area contributed by atoms with Gasteiger partial charge in [-0.2, -0.15) is 4.31 Å². The van der Waals surface area contributed by atoms with Crippen LogP contribution in [0.1, 0.15) is 50.4 Å². The molecular weight excluding hydrogens is 390 g/mol. The topological polar surface area (TPSA) is 95.6 Å². The number of nitrogens with zero attached hydrogens (tertiary/aromatic N) is 1. The minimum atomic E-state index is -3.67. The van der Waals surface area contributed by atoms with Crippen molar-refractivity contribution in [2.75, 3.05) is 19.6 Å². The zero-order chi connectivity index (χ0) is 20.2. The summed E-state index contributed by atoms with van der Waals surface area (Å²) in [7, 11) is -3.67. The Morgan fingerprint density at radius 2 is 1.78 bits per heavy atom. The normalized spacial score (nSPS) is 16.0. The summed E-state index contributed by atoms with van der Waals surface area (Å²) in [5.74, 6) is -0.941. The van der Waals surface area contributed by atoms with Crippen LogP contribution in [0.4, 0.5) is 0 Å². The number of carbonyl (C=O) groups is 2. The molecule has 0 saturated carbocycles. The van der Waals surface area contributed by atoms with Crippen LogP contribution < -0.4 is 10.6 Å². The van der Waals surface area contributed by atoms with E-state index in [-0.39, 0.29) is 27.9 Å². The van der Waals surface area contributed by atoms with Crippen LogP contribution >= 0.6 is 11.6 Å². The summed E-state index contributed by atoms with van der Waals surface area (Å²) in [6.07, 6.45) is 2.66. The van der Waals surface area contributed by atoms with Gasteiger partial charge in [0.05, 0.1) is 22.0 Å². The number of hydrogen-bond acceptors (Lipinski definition) is 4. The summed E-state index contributed by atoms with van der Waals surface area (Å²) in [4.78, 5) is 24.3. The van der Waals surface area contributed by atoms with Crippen LogP contribution in [0, 0.1) is 0 Å². The van der Waals surface area contributed by atoms with Gasteiger partial charge >= 0.3 is 0 Å². The van der Waals surface area contributed by atoms with E-state index in [9.17, 15) is 18.0 Å². The molecule has 1 saturated heterocycles. The van der Waals surface area contributed by atoms with E-state index in [1.54, 1.807) is 0 Å². The fourth-order valence-electron chi connectivity index (χ4n) is 2.81. The minimum Gasteiger partial charge on any atom is -0.350 e. The Hall–Kier alpha value is -1.64. The number of nitrogens with one attached hydrogen (secondary N) is 2. The van der Waals surface area contributed by atoms with Crippen molar-refractivity contribution in [1.29, 1.82) is 0 Å². The zero-order valence-corrected chi connectivity index (χ0v) is 17.4. The van der Waals surface area contributed by atoms with Crippen molar-refractivity contribution in [2.45, 2.75) is 50.5 Å². The molecule has 1 aromatic carbocycles. The van der Waals surface area contributed by atoms with Gasteiger partial charge in [0.1, 0.15) is 0 Å². The number of sulfonamides is 1. The van der Waals surface area contributed by atoms with E-state index in [4.69, 9.17) is 11.6 Å². The second kappa shape index (κ2) is 8.58. The third-order valence-corrected chi connectivity index (χ3v) is 6.28. The average Bonchev–Trinajstić information content (AvgIpc) is 2.59. The highest BCUT2D eigenvalue weighted by Crippen LogP contribution is 2.25. The molecule has 150 valence electrons. The second-order valence-electron chi connectivity index (χ2n) is 7.59. The van der Waals surface area contributed by atoms with Crippen molar-refractivity contribution in [2.24, 2.45) is 0 Å². The fraction of sp³-hybridized carbons (Fsp3) is 0.556. The Balaban J connectivity index is 2.14. The summed E-state index contributed by atoms with van der Waals surface area (Å²) in [6.45, 7) is 6.21. The average molecular weight is 416 g/mol. The lowest BCUT2D eigenvalue weighted by Crippen LogP contribution is -2.45. The van der Waals surface area contributed by atoms with Crippen LogP contribution in [0.5, 0.6) is 0 Å². The van der Waals surface area contributed by atoms with Crippen LogP contribution in [-0.2, 0) is 14.8 Å². The highest BCUT2D eigenvalue weighted by molar-refractivity contribution is 7.89. The molecule has 7 nitrogen and oxygen atoms in total. The Morgan fingerprint density at radius 1 is 1.15 bits per heavy atom. The highest BCUT2D eigenvalue weighted by atomic mass is 35.5. The maximum Gasteiger partial charge on any atom is 0.253 e. The first kappa shape index (κ1) is 21.7. The molecule has 1 fully saturated rings. The van der Waals surface area contributed by atoms with E-state index in [0.717, 1.165) is 19.3 Å². The SMILES string of the molecule is CC(C)(C)NC(=O)CNC(=O)c1cc(S(=O)(=O)N2CCCCC2)ccc1Cl. The fourth-order valence-corrected chi connectivity index (χ4v) is 4.56. The lowest BCUT2D eigenvalue weighted by atomic mass is 10.1. The molecule has 2 N–H and O–H groups in total. The predicted octanol–water partition coefficient (Wildman–Crippen LogP) is 2.16. The van der Waals surface area contributed by atoms with E-state index in [0.29, 0.717) is 13.1 Å². The van der Waals surface area contributed by atoms with Gasteiger partial charge in [0.25, 0.3) is 5.91 Å². The number of halogens is 1. The highest BCUT2D eigenvalue weighted by Gasteiger charge is 2.27. The maximum absolute atomic E-state index is 12.8. The summed E-state index contributed by atoms with van der Waals surface area (Å²) in [5.41, 5.74) is -0.389. The van der Waals surface area contributed by atoms with Crippen molar-refractivity contribution in [3.05, 3.63) is 28.8 Å². The molecule has 0 aromatic heterocycles. The first-order chi connectivity index (χ1) is 12.5. The number of hydrogen-bond donors (Lipinski definition) is 2. The van der Waals surface area contributed by atoms with E-state index in [2.05, 4.69) is 10.6 Å². The summed E-state index contributed by atoms with van der Waals surface area (Å²) < 4.78 is 27.0. The van der Waals surface area contributed by atoms with E-state index in [1.807, 2.05) is 20.8 Å². The van der Waals surface area contributed by atoms with Gasteiger partial charge in [-0.15, -0.1) is 0 Å². The lowest BCUT2D eigenvalue weighted by Gasteiger charge is -2.26. The quantitative estimate of drug-likeness (QED) is 0.770. The lowest BCUT2D eigenvalue weighted by molar-refractivity contribution is -0.121. The third-order valence-electron chi connectivity index (χ3n) is 4.06. The number of benzene rings is 1. The van der Waals surface area contributed by atoms with E-state index < -0.39 is 21.5 Å². The van der Waals surface area contributed by atoms with Crippen molar-refractivity contribution < 1.29 is 18.0 Å². The summed E-state index contributed by atoms with van der Waals surface area (Å²) in [6, 6.07) is 4.06. The molecule has 27 heavy (non-hydrogen) atoms. The van der Waals surface area contributed by atoms with Gasteiger partial charge in [0.2, 0.25) is 15.9 Å². The smallest absolute Gasteiger partial charge is 0.253 e. The molecular formula is C18H26ClN3O4S. The van der Waals surface area contributed by atoms with Crippen LogP contribution in [0.25, 0.3) is 0 Å². The Kier molecular flexibility index (Phi) is 6.88. The van der Waals surface area contributed by atoms with Crippen molar-refractivity contribution >= 4 is 33.4 Å². The van der Waals surface area contributed by atoms with Crippen molar-refractivity contribution in [1.82, 2.24) is 14.9 Å². The standard InChI is InChI=1S/C18H26ClN3O4S/c1-18(2,3)21-16(23)12-20-17(24)14-11-13(7-8-15(14)19)27(25,26)22-9-5-4-6-10-22/h7-8,11H,4-6,9-10,12H2,1-3H3,(H,20,24)(H,21,23). The third kappa shape index (κ3) is 5.92. The molecule has 1 aromatic rings. The second-order valence-corrected chi connectivity index (χ2v) is 9.93. The molecule has 0 radical (unpaired) electrons. The van der Waals surface area contributed by atoms with Crippen LogP contribution in [0.15, 0.2) is 23.1 Å². The van der Waals surface area contributed by atoms with Gasteiger partial charge in [-0.05, 0) is 51.8 Å². The molecule has 2 amide bonds. The summed E-state index contributed by atoms with van der Waals surface area (Å²) in [5, 5.41) is 5.33. The van der Waals surface area contributed by atoms with Gasteiger partial charge in [-0.1, -0.05) is 18.0 Å². The first-order valence-electron chi connectivity index (χ1n) is 8.89. The number of carbonyl (C=O) groups excluding carboxylic acids is 2. The summed E-state index contributed by atoms with van der Waals surface area (Å²) >= 11 is 6.08. The van der Waals surface area contributed by atoms with Gasteiger partial charge in [-0.25, -0.2) is 8.42 Å². The minimum absolute atomic E-state index is 0.0260. The molecule has 2 rings (SSSR count). The molecule has 0 aliphatic carbocycles. The Morgan fingerprint density at radius 3 is 2.37 bits per heavy atom. The van der Waals surface area contributed by atoms with Crippen LogP contribution in [0.2, 0.25) is 5.02 Å². The molecule has 9 heteroatoms. The Bertz CT molecular complexity index is 812. The molecule has 0 spiro atoms. The van der Waals surface area contributed by atoms with Gasteiger partial charge in [0, 0.05) is 18.6 Å². The molecule has 0 bridgehead atoms. The van der Waals surface area contributed by atoms with E-state index >= 15 is 0 Å². The van der Waals surface area contributed by atoms with Gasteiger partial charge in [0.15, 0.2) is 0 Å². The van der Waals surface area contributed by atoms with Crippen LogP contribution in [0.3, 0.4) is 0 Å². The first-order valence-corrected chi connectivity index (χ1v) is 10.7. The number of rotatable bonds is 5. The molecule has 1 aliphatic rings. The van der Waals surface area contributed by atoms with Gasteiger partial charge in [-0.3, -0.25) is 9.59 Å². The molecule has 1 heterocycles. The van der Waals surface area contributed by atoms with E-state index in [1.165, 1.54) is 22.5 Å². The predicted molar refractivity (Wildman–Crippen MR) is 104 cm³/mol. The molecule has 1 aliphatic heterocycles. The largest absolute Gasteiger partial charge is 0.350 e. The Labute approximate surface area is 165 Å².